The lowest BCUT2D eigenvalue weighted by Crippen LogP contribution is -2.31. The van der Waals surface area contributed by atoms with E-state index in [1.807, 2.05) is 54.9 Å². The van der Waals surface area contributed by atoms with Gasteiger partial charge < -0.3 is 0 Å². The van der Waals surface area contributed by atoms with E-state index >= 15 is 0 Å². The average Bonchev–Trinajstić information content (AvgIpc) is 2.80. The van der Waals surface area contributed by atoms with Crippen molar-refractivity contribution in [3.63, 3.8) is 0 Å². The Bertz CT molecular complexity index is 1140. The summed E-state index contributed by atoms with van der Waals surface area (Å²) in [6.07, 6.45) is 4.89. The molecule has 0 aliphatic carbocycles. The molecule has 0 atom stereocenters. The molecule has 0 saturated heterocycles. The largest absolute Gasteiger partial charge is 0.294 e. The lowest BCUT2D eigenvalue weighted by molar-refractivity contribution is 0.242. The van der Waals surface area contributed by atoms with Crippen molar-refractivity contribution in [1.29, 1.82) is 0 Å². The smallest absolute Gasteiger partial charge is 0.159 e. The Labute approximate surface area is 181 Å². The maximum atomic E-state index is 5.97. The first-order valence-electron chi connectivity index (χ1n) is 10.1. The van der Waals surface area contributed by atoms with Gasteiger partial charge in [-0.1, -0.05) is 60.1 Å². The highest BCUT2D eigenvalue weighted by Gasteiger charge is 2.19. The number of hydrogen-bond acceptors (Lipinski definition) is 4. The van der Waals surface area contributed by atoms with Gasteiger partial charge in [-0.05, 0) is 23.8 Å². The molecule has 1 aliphatic rings. The Balaban J connectivity index is 1.27. The summed E-state index contributed by atoms with van der Waals surface area (Å²) in [5.74, 6) is 0.810. The van der Waals surface area contributed by atoms with Crippen LogP contribution in [0.5, 0.6) is 0 Å². The highest BCUT2D eigenvalue weighted by Crippen LogP contribution is 2.23. The molecule has 3 heterocycles. The Morgan fingerprint density at radius 2 is 1.67 bits per heavy atom. The van der Waals surface area contributed by atoms with Crippen molar-refractivity contribution in [2.24, 2.45) is 0 Å². The van der Waals surface area contributed by atoms with E-state index in [0.29, 0.717) is 0 Å². The first-order chi connectivity index (χ1) is 14.7. The summed E-state index contributed by atoms with van der Waals surface area (Å²) in [7, 11) is 0. The molecular formula is C25H21ClN4. The Kier molecular flexibility index (Phi) is 5.26. The Morgan fingerprint density at radius 3 is 2.43 bits per heavy atom. The number of fused-ring (bicyclic) bond motifs is 1. The fourth-order valence-corrected chi connectivity index (χ4v) is 3.93. The van der Waals surface area contributed by atoms with Crippen molar-refractivity contribution >= 4 is 11.6 Å². The van der Waals surface area contributed by atoms with Gasteiger partial charge in [0.15, 0.2) is 5.82 Å². The van der Waals surface area contributed by atoms with Gasteiger partial charge in [-0.3, -0.25) is 9.88 Å². The zero-order valence-corrected chi connectivity index (χ0v) is 17.3. The molecule has 0 bridgehead atoms. The average molecular weight is 413 g/mol. The van der Waals surface area contributed by atoms with Crippen molar-refractivity contribution in [3.8, 4) is 22.6 Å². The van der Waals surface area contributed by atoms with Crippen LogP contribution < -0.4 is 0 Å². The van der Waals surface area contributed by atoms with Gasteiger partial charge in [-0.25, -0.2) is 9.97 Å². The van der Waals surface area contributed by atoms with Crippen LogP contribution in [0, 0.1) is 0 Å². The van der Waals surface area contributed by atoms with Gasteiger partial charge in [0.25, 0.3) is 0 Å². The molecule has 2 aromatic carbocycles. The van der Waals surface area contributed by atoms with Gasteiger partial charge in [0.1, 0.15) is 0 Å². The summed E-state index contributed by atoms with van der Waals surface area (Å²) in [6.45, 7) is 2.72. The summed E-state index contributed by atoms with van der Waals surface area (Å²) in [5, 5.41) is 0.737. The number of rotatable bonds is 4. The quantitative estimate of drug-likeness (QED) is 0.449. The van der Waals surface area contributed by atoms with Gasteiger partial charge in [-0.15, -0.1) is 0 Å². The molecule has 30 heavy (non-hydrogen) atoms. The highest BCUT2D eigenvalue weighted by atomic mass is 35.5. The first kappa shape index (κ1) is 18.9. The first-order valence-corrected chi connectivity index (χ1v) is 10.5. The molecule has 0 fully saturated rings. The topological polar surface area (TPSA) is 41.9 Å². The minimum absolute atomic E-state index is 0.737. The maximum absolute atomic E-state index is 5.97. The zero-order valence-electron chi connectivity index (χ0n) is 16.5. The van der Waals surface area contributed by atoms with Crippen LogP contribution in [0.25, 0.3) is 22.6 Å². The van der Waals surface area contributed by atoms with Crippen LogP contribution in [0.4, 0.5) is 0 Å². The fraction of sp³-hybridized carbons (Fsp3) is 0.160. The van der Waals surface area contributed by atoms with E-state index in [4.69, 9.17) is 16.6 Å². The van der Waals surface area contributed by atoms with Crippen LogP contribution >= 0.6 is 11.6 Å². The molecule has 5 rings (SSSR count). The van der Waals surface area contributed by atoms with Crippen molar-refractivity contribution in [1.82, 2.24) is 19.9 Å². The molecule has 0 N–H and O–H groups in total. The number of hydrogen-bond donors (Lipinski definition) is 0. The molecule has 148 valence electrons. The lowest BCUT2D eigenvalue weighted by atomic mass is 10.1. The monoisotopic (exact) mass is 412 g/mol. The molecule has 1 aliphatic heterocycles. The molecular weight excluding hydrogens is 392 g/mol. The molecule has 0 saturated carbocycles. The number of pyridine rings is 1. The minimum Gasteiger partial charge on any atom is -0.294 e. The molecule has 0 spiro atoms. The minimum atomic E-state index is 0.737. The van der Waals surface area contributed by atoms with Crippen molar-refractivity contribution in [2.75, 3.05) is 6.54 Å². The van der Waals surface area contributed by atoms with Gasteiger partial charge in [0.05, 0.1) is 11.4 Å². The van der Waals surface area contributed by atoms with E-state index in [2.05, 4.69) is 39.1 Å². The molecule has 5 heteroatoms. The molecule has 0 unspecified atom stereocenters. The molecule has 0 radical (unpaired) electrons. The van der Waals surface area contributed by atoms with Crippen LogP contribution in [-0.2, 0) is 19.5 Å². The second-order valence-electron chi connectivity index (χ2n) is 7.55. The standard InChI is InChI=1S/C25H21ClN4/c26-22-9-7-19(8-10-22)23-11-6-18(14-27-23)16-30-13-12-24-21(17-30)15-28-25(29-24)20-4-2-1-3-5-20/h1-11,14-15H,12-13,16-17H2. The third-order valence-electron chi connectivity index (χ3n) is 5.42. The third-order valence-corrected chi connectivity index (χ3v) is 5.67. The summed E-state index contributed by atoms with van der Waals surface area (Å²) >= 11 is 5.97. The number of aromatic nitrogens is 3. The predicted octanol–water partition coefficient (Wildman–Crippen LogP) is 5.42. The third kappa shape index (κ3) is 4.11. The fourth-order valence-electron chi connectivity index (χ4n) is 3.80. The van der Waals surface area contributed by atoms with E-state index in [1.165, 1.54) is 11.1 Å². The zero-order chi connectivity index (χ0) is 20.3. The van der Waals surface area contributed by atoms with Gasteiger partial charge in [0.2, 0.25) is 0 Å². The molecule has 4 aromatic rings. The Hall–Kier alpha value is -3.08. The van der Waals surface area contributed by atoms with E-state index in [1.54, 1.807) is 0 Å². The van der Waals surface area contributed by atoms with E-state index in [-0.39, 0.29) is 0 Å². The van der Waals surface area contributed by atoms with Crippen LogP contribution in [0.3, 0.4) is 0 Å². The summed E-state index contributed by atoms with van der Waals surface area (Å²) in [4.78, 5) is 16.5. The van der Waals surface area contributed by atoms with E-state index < -0.39 is 0 Å². The predicted molar refractivity (Wildman–Crippen MR) is 120 cm³/mol. The Morgan fingerprint density at radius 1 is 0.833 bits per heavy atom. The van der Waals surface area contributed by atoms with E-state index in [0.717, 1.165) is 59.4 Å². The summed E-state index contributed by atoms with van der Waals surface area (Å²) in [6, 6.07) is 22.2. The molecule has 0 amide bonds. The SMILES string of the molecule is Clc1ccc(-c2ccc(CN3CCc4nc(-c5ccccc5)ncc4C3)cn2)cc1. The number of benzene rings is 2. The van der Waals surface area contributed by atoms with Gasteiger partial charge in [-0.2, -0.15) is 0 Å². The van der Waals surface area contributed by atoms with Crippen molar-refractivity contribution in [3.05, 3.63) is 101 Å². The van der Waals surface area contributed by atoms with Crippen molar-refractivity contribution < 1.29 is 0 Å². The van der Waals surface area contributed by atoms with Gasteiger partial charge >= 0.3 is 0 Å². The normalized spacial score (nSPS) is 13.8. The number of nitrogens with zero attached hydrogens (tertiary/aromatic N) is 4. The molecule has 2 aromatic heterocycles. The summed E-state index contributed by atoms with van der Waals surface area (Å²) in [5.41, 5.74) is 6.68. The number of halogens is 1. The second-order valence-corrected chi connectivity index (χ2v) is 7.99. The van der Waals surface area contributed by atoms with Gasteiger partial charge in [0, 0.05) is 60.2 Å². The van der Waals surface area contributed by atoms with Crippen LogP contribution in [0.1, 0.15) is 16.8 Å². The molecule has 4 nitrogen and oxygen atoms in total. The second kappa shape index (κ2) is 8.34. The summed E-state index contributed by atoms with van der Waals surface area (Å²) < 4.78 is 0. The van der Waals surface area contributed by atoms with Crippen LogP contribution in [0.2, 0.25) is 5.02 Å². The van der Waals surface area contributed by atoms with Crippen LogP contribution in [0.15, 0.2) is 79.1 Å². The maximum Gasteiger partial charge on any atom is 0.159 e. The lowest BCUT2D eigenvalue weighted by Gasteiger charge is -2.28. The van der Waals surface area contributed by atoms with E-state index in [9.17, 15) is 0 Å². The highest BCUT2D eigenvalue weighted by molar-refractivity contribution is 6.30. The van der Waals surface area contributed by atoms with Crippen molar-refractivity contribution in [2.45, 2.75) is 19.5 Å². The van der Waals surface area contributed by atoms with Crippen LogP contribution in [-0.4, -0.2) is 26.4 Å².